The second kappa shape index (κ2) is 7.66. The van der Waals surface area contributed by atoms with Crippen LogP contribution in [-0.4, -0.2) is 37.0 Å². The first-order valence-corrected chi connectivity index (χ1v) is 6.76. The lowest BCUT2D eigenvalue weighted by Crippen LogP contribution is -2.46. The maximum Gasteiger partial charge on any atom is 0.222 e. The second-order valence-electron chi connectivity index (χ2n) is 4.75. The molecule has 1 heterocycles. The summed E-state index contributed by atoms with van der Waals surface area (Å²) in [6.07, 6.45) is 5.60. The Bertz CT molecular complexity index is 200. The van der Waals surface area contributed by atoms with Gasteiger partial charge in [0.05, 0.1) is 0 Å². The van der Waals surface area contributed by atoms with Gasteiger partial charge in [0.25, 0.3) is 0 Å². The van der Waals surface area contributed by atoms with Crippen molar-refractivity contribution in [2.24, 2.45) is 5.92 Å². The van der Waals surface area contributed by atoms with E-state index in [0.29, 0.717) is 11.8 Å². The van der Waals surface area contributed by atoms with Crippen LogP contribution in [0.5, 0.6) is 0 Å². The Morgan fingerprint density at radius 3 is 2.56 bits per heavy atom. The van der Waals surface area contributed by atoms with Gasteiger partial charge in [-0.3, -0.25) is 4.79 Å². The van der Waals surface area contributed by atoms with E-state index in [-0.39, 0.29) is 0 Å². The fraction of sp³-hybridized carbons (Fsp3) is 0.923. The van der Waals surface area contributed by atoms with Gasteiger partial charge in [0.2, 0.25) is 5.91 Å². The summed E-state index contributed by atoms with van der Waals surface area (Å²) in [5, 5.41) is 3.28. The van der Waals surface area contributed by atoms with Crippen LogP contribution in [-0.2, 0) is 4.79 Å². The first kappa shape index (κ1) is 13.5. The van der Waals surface area contributed by atoms with Gasteiger partial charge in [-0.15, -0.1) is 0 Å². The molecule has 1 aliphatic rings. The maximum atomic E-state index is 12.0. The van der Waals surface area contributed by atoms with Crippen LogP contribution in [0.2, 0.25) is 0 Å². The standard InChI is InChI=1S/C13H26N2O/c1-3-5-6-12(4-2)11-13(16)15-9-7-14-8-10-15/h12,14H,3-11H2,1-2H3. The number of piperazine rings is 1. The summed E-state index contributed by atoms with van der Waals surface area (Å²) >= 11 is 0. The molecule has 94 valence electrons. The van der Waals surface area contributed by atoms with Gasteiger partial charge < -0.3 is 10.2 Å². The molecule has 0 aliphatic carbocycles. The highest BCUT2D eigenvalue weighted by Gasteiger charge is 2.19. The molecule has 0 bridgehead atoms. The van der Waals surface area contributed by atoms with Crippen molar-refractivity contribution in [3.63, 3.8) is 0 Å². The van der Waals surface area contributed by atoms with Crippen molar-refractivity contribution in [1.29, 1.82) is 0 Å². The van der Waals surface area contributed by atoms with Crippen LogP contribution < -0.4 is 5.32 Å². The second-order valence-corrected chi connectivity index (χ2v) is 4.75. The Kier molecular flexibility index (Phi) is 6.46. The first-order valence-electron chi connectivity index (χ1n) is 6.76. The van der Waals surface area contributed by atoms with Crippen LogP contribution in [0, 0.1) is 5.92 Å². The van der Waals surface area contributed by atoms with Crippen molar-refractivity contribution in [3.05, 3.63) is 0 Å². The molecule has 1 fully saturated rings. The van der Waals surface area contributed by atoms with E-state index in [1.807, 2.05) is 4.90 Å². The van der Waals surface area contributed by atoms with Crippen molar-refractivity contribution in [3.8, 4) is 0 Å². The van der Waals surface area contributed by atoms with Crippen molar-refractivity contribution < 1.29 is 4.79 Å². The Morgan fingerprint density at radius 1 is 1.31 bits per heavy atom. The van der Waals surface area contributed by atoms with Crippen molar-refractivity contribution in [2.45, 2.75) is 46.0 Å². The molecule has 1 N–H and O–H groups in total. The van der Waals surface area contributed by atoms with Gasteiger partial charge in [-0.1, -0.05) is 33.1 Å². The van der Waals surface area contributed by atoms with E-state index in [2.05, 4.69) is 19.2 Å². The number of nitrogens with one attached hydrogen (secondary N) is 1. The zero-order valence-electron chi connectivity index (χ0n) is 10.8. The normalized spacial score (nSPS) is 18.5. The Morgan fingerprint density at radius 2 is 2.00 bits per heavy atom. The molecule has 1 saturated heterocycles. The van der Waals surface area contributed by atoms with Crippen molar-refractivity contribution in [2.75, 3.05) is 26.2 Å². The molecular weight excluding hydrogens is 200 g/mol. The number of hydrogen-bond acceptors (Lipinski definition) is 2. The zero-order valence-corrected chi connectivity index (χ0v) is 10.8. The fourth-order valence-corrected chi connectivity index (χ4v) is 2.23. The van der Waals surface area contributed by atoms with Crippen LogP contribution in [0.15, 0.2) is 0 Å². The molecule has 0 radical (unpaired) electrons. The highest BCUT2D eigenvalue weighted by molar-refractivity contribution is 5.76. The summed E-state index contributed by atoms with van der Waals surface area (Å²) in [6.45, 7) is 8.11. The number of hydrogen-bond donors (Lipinski definition) is 1. The molecular formula is C13H26N2O. The molecule has 0 saturated carbocycles. The summed E-state index contributed by atoms with van der Waals surface area (Å²) < 4.78 is 0. The predicted octanol–water partition coefficient (Wildman–Crippen LogP) is 2.02. The number of amides is 1. The summed E-state index contributed by atoms with van der Waals surface area (Å²) in [5.74, 6) is 0.965. The Labute approximate surface area is 99.6 Å². The van der Waals surface area contributed by atoms with Gasteiger partial charge in [0, 0.05) is 32.6 Å². The van der Waals surface area contributed by atoms with Crippen LogP contribution >= 0.6 is 0 Å². The number of nitrogens with zero attached hydrogens (tertiary/aromatic N) is 1. The minimum Gasteiger partial charge on any atom is -0.340 e. The predicted molar refractivity (Wildman–Crippen MR) is 67.4 cm³/mol. The van der Waals surface area contributed by atoms with Crippen LogP contribution in [0.3, 0.4) is 0 Å². The molecule has 0 spiro atoms. The number of carbonyl (C=O) groups is 1. The van der Waals surface area contributed by atoms with E-state index in [9.17, 15) is 4.79 Å². The molecule has 3 heteroatoms. The molecule has 0 aromatic rings. The van der Waals surface area contributed by atoms with E-state index in [1.165, 1.54) is 19.3 Å². The molecule has 1 aliphatic heterocycles. The zero-order chi connectivity index (χ0) is 11.8. The maximum absolute atomic E-state index is 12.0. The summed E-state index contributed by atoms with van der Waals surface area (Å²) in [6, 6.07) is 0. The Balaban J connectivity index is 2.29. The number of rotatable bonds is 6. The molecule has 1 atom stereocenters. The van der Waals surface area contributed by atoms with Gasteiger partial charge >= 0.3 is 0 Å². The van der Waals surface area contributed by atoms with Gasteiger partial charge in [-0.2, -0.15) is 0 Å². The lowest BCUT2D eigenvalue weighted by molar-refractivity contribution is -0.132. The average Bonchev–Trinajstić information content (AvgIpc) is 2.35. The minimum atomic E-state index is 0.365. The van der Waals surface area contributed by atoms with E-state index in [1.54, 1.807) is 0 Å². The van der Waals surface area contributed by atoms with Gasteiger partial charge in [-0.05, 0) is 12.3 Å². The highest BCUT2D eigenvalue weighted by atomic mass is 16.2. The Hall–Kier alpha value is -0.570. The molecule has 1 amide bonds. The third kappa shape index (κ3) is 4.52. The monoisotopic (exact) mass is 226 g/mol. The summed E-state index contributed by atoms with van der Waals surface area (Å²) in [5.41, 5.74) is 0. The van der Waals surface area contributed by atoms with Crippen molar-refractivity contribution >= 4 is 5.91 Å². The number of unbranched alkanes of at least 4 members (excludes halogenated alkanes) is 1. The van der Waals surface area contributed by atoms with E-state index >= 15 is 0 Å². The van der Waals surface area contributed by atoms with Crippen molar-refractivity contribution in [1.82, 2.24) is 10.2 Å². The van der Waals surface area contributed by atoms with E-state index in [0.717, 1.165) is 39.0 Å². The molecule has 1 unspecified atom stereocenters. The third-order valence-electron chi connectivity index (χ3n) is 3.48. The lowest BCUT2D eigenvalue weighted by atomic mass is 9.95. The summed E-state index contributed by atoms with van der Waals surface area (Å²) in [4.78, 5) is 14.0. The van der Waals surface area contributed by atoms with Gasteiger partial charge in [-0.25, -0.2) is 0 Å². The SMILES string of the molecule is CCCCC(CC)CC(=O)N1CCNCC1. The minimum absolute atomic E-state index is 0.365. The molecule has 1 rings (SSSR count). The molecule has 0 aromatic heterocycles. The smallest absolute Gasteiger partial charge is 0.222 e. The van der Waals surface area contributed by atoms with E-state index < -0.39 is 0 Å². The topological polar surface area (TPSA) is 32.3 Å². The first-order chi connectivity index (χ1) is 7.77. The van der Waals surface area contributed by atoms with Gasteiger partial charge in [0.15, 0.2) is 0 Å². The number of carbonyl (C=O) groups excluding carboxylic acids is 1. The third-order valence-corrected chi connectivity index (χ3v) is 3.48. The molecule has 3 nitrogen and oxygen atoms in total. The van der Waals surface area contributed by atoms with E-state index in [4.69, 9.17) is 0 Å². The summed E-state index contributed by atoms with van der Waals surface area (Å²) in [7, 11) is 0. The van der Waals surface area contributed by atoms with Gasteiger partial charge in [0.1, 0.15) is 0 Å². The van der Waals surface area contributed by atoms with Crippen LogP contribution in [0.25, 0.3) is 0 Å². The lowest BCUT2D eigenvalue weighted by Gasteiger charge is -2.29. The molecule has 16 heavy (non-hydrogen) atoms. The average molecular weight is 226 g/mol. The fourth-order valence-electron chi connectivity index (χ4n) is 2.23. The van der Waals surface area contributed by atoms with Crippen LogP contribution in [0.1, 0.15) is 46.0 Å². The molecule has 0 aromatic carbocycles. The van der Waals surface area contributed by atoms with Crippen LogP contribution in [0.4, 0.5) is 0 Å². The highest BCUT2D eigenvalue weighted by Crippen LogP contribution is 2.17. The largest absolute Gasteiger partial charge is 0.340 e. The quantitative estimate of drug-likeness (QED) is 0.751.